The van der Waals surface area contributed by atoms with Gasteiger partial charge >= 0.3 is 126 Å². The fraction of sp³-hybridized carbons (Fsp3) is 0.941. The van der Waals surface area contributed by atoms with Crippen LogP contribution in [-0.2, 0) is 0 Å². The molecule has 4 heteroatoms. The monoisotopic (exact) mass is 294 g/mol. The fourth-order valence-electron chi connectivity index (χ4n) is 2.63. The summed E-state index contributed by atoms with van der Waals surface area (Å²) in [4.78, 5) is 8.56. The Hall–Kier alpha value is -0.133. The molecule has 0 aromatic carbocycles. The Balaban J connectivity index is 0. The van der Waals surface area contributed by atoms with Crippen LogP contribution < -0.4 is 0 Å². The van der Waals surface area contributed by atoms with Crippen molar-refractivity contribution in [1.82, 2.24) is 0 Å². The second-order valence-corrected chi connectivity index (χ2v) is 5.96. The predicted molar refractivity (Wildman–Crippen MR) is 91.5 cm³/mol. The summed E-state index contributed by atoms with van der Waals surface area (Å²) in [6.07, 6.45) is 15.6. The Kier molecular flexibility index (Phi) is 21.9. The molecule has 0 bridgehead atoms. The van der Waals surface area contributed by atoms with Crippen molar-refractivity contribution in [3.63, 3.8) is 0 Å². The molecule has 1 unspecified atom stereocenters. The number of rotatable bonds is 13. The normalized spacial score (nSPS) is 11.6. The molecular weight excluding hydrogens is 259 g/mol. The van der Waals surface area contributed by atoms with Crippen molar-refractivity contribution in [2.24, 2.45) is 5.92 Å². The molecule has 1 atom stereocenters. The van der Waals surface area contributed by atoms with E-state index in [-0.39, 0.29) is 0 Å². The number of hydrogen-bond acceptors (Lipinski definition) is 1. The standard InChI is InChI=1S/C16H33.CH2O3.Li/c1-4-6-8-10-11-13-15-16(3)14-12-9-7-5-2;2-1(3)4;/h16H,3-15H2,1-2H3;(H2,2,3,4);. The molecule has 0 saturated heterocycles. The molecule has 0 aliphatic heterocycles. The molecule has 0 aromatic heterocycles. The Labute approximate surface area is 141 Å². The number of hydrogen-bond donors (Lipinski definition) is 2. The average Bonchev–Trinajstić information content (AvgIpc) is 2.44. The third-order valence-electron chi connectivity index (χ3n) is 4.01. The van der Waals surface area contributed by atoms with Gasteiger partial charge in [0.1, 0.15) is 0 Å². The van der Waals surface area contributed by atoms with Gasteiger partial charge in [-0.25, -0.2) is 4.79 Å². The quantitative estimate of drug-likeness (QED) is 0.317. The Bertz CT molecular complexity index is 206. The van der Waals surface area contributed by atoms with Crippen molar-refractivity contribution in [3.05, 3.63) is 0 Å². The van der Waals surface area contributed by atoms with Crippen molar-refractivity contribution >= 4 is 23.9 Å². The van der Waals surface area contributed by atoms with Crippen molar-refractivity contribution < 1.29 is 15.0 Å². The van der Waals surface area contributed by atoms with E-state index in [0.29, 0.717) is 0 Å². The van der Waals surface area contributed by atoms with E-state index in [2.05, 4.69) is 31.6 Å². The molecule has 0 aliphatic rings. The summed E-state index contributed by atoms with van der Waals surface area (Å²) in [5, 5.41) is 15.3. The molecule has 0 heterocycles. The SMILES string of the molecule is O=C(O)O.[Li][CH2]C(CCCCCC)CCCCCCCC. The minimum absolute atomic E-state index is 1.03. The zero-order chi connectivity index (χ0) is 16.3. The number of carbonyl (C=O) groups is 1. The average molecular weight is 294 g/mol. The van der Waals surface area contributed by atoms with Crippen LogP contribution in [0, 0.1) is 5.92 Å². The molecule has 0 radical (unpaired) electrons. The van der Waals surface area contributed by atoms with Crippen LogP contribution in [0.25, 0.3) is 0 Å². The van der Waals surface area contributed by atoms with Gasteiger partial charge in [0.15, 0.2) is 0 Å². The van der Waals surface area contributed by atoms with E-state index in [1.165, 1.54) is 82.1 Å². The maximum absolute atomic E-state index is 8.56. The summed E-state index contributed by atoms with van der Waals surface area (Å²) in [6.45, 7) is 4.59. The summed E-state index contributed by atoms with van der Waals surface area (Å²) in [7, 11) is 0. The molecular formula is C17H35LiO3. The van der Waals surface area contributed by atoms with Gasteiger partial charge in [0, 0.05) is 0 Å². The summed E-state index contributed by atoms with van der Waals surface area (Å²) in [5.41, 5.74) is 0. The van der Waals surface area contributed by atoms with Gasteiger partial charge in [-0.3, -0.25) is 0 Å². The van der Waals surface area contributed by atoms with E-state index in [9.17, 15) is 0 Å². The first-order valence-electron chi connectivity index (χ1n) is 9.00. The first-order valence-corrected chi connectivity index (χ1v) is 9.00. The van der Waals surface area contributed by atoms with Gasteiger partial charge in [0.05, 0.1) is 0 Å². The first-order chi connectivity index (χ1) is 10.1. The van der Waals surface area contributed by atoms with Gasteiger partial charge in [-0.2, -0.15) is 0 Å². The van der Waals surface area contributed by atoms with Crippen LogP contribution in [0.5, 0.6) is 0 Å². The third kappa shape index (κ3) is 25.2. The van der Waals surface area contributed by atoms with Crippen molar-refractivity contribution in [2.45, 2.75) is 96.0 Å². The molecule has 122 valence electrons. The first kappa shape index (κ1) is 23.1. The Morgan fingerprint density at radius 1 is 0.810 bits per heavy atom. The molecule has 3 nitrogen and oxygen atoms in total. The summed E-state index contributed by atoms with van der Waals surface area (Å²) < 4.78 is 0. The fourth-order valence-corrected chi connectivity index (χ4v) is 2.63. The molecule has 21 heavy (non-hydrogen) atoms. The topological polar surface area (TPSA) is 57.5 Å². The van der Waals surface area contributed by atoms with Crippen molar-refractivity contribution in [3.8, 4) is 0 Å². The Morgan fingerprint density at radius 3 is 1.52 bits per heavy atom. The predicted octanol–water partition coefficient (Wildman–Crippen LogP) is 6.13. The van der Waals surface area contributed by atoms with Gasteiger partial charge in [-0.05, 0) is 0 Å². The van der Waals surface area contributed by atoms with Gasteiger partial charge in [0.2, 0.25) is 0 Å². The van der Waals surface area contributed by atoms with Crippen molar-refractivity contribution in [1.29, 1.82) is 0 Å². The van der Waals surface area contributed by atoms with E-state index >= 15 is 0 Å². The summed E-state index contributed by atoms with van der Waals surface area (Å²) in [6, 6.07) is 0. The van der Waals surface area contributed by atoms with Crippen LogP contribution in [-0.4, -0.2) is 34.1 Å². The number of unbranched alkanes of at least 4 members (excludes halogenated alkanes) is 8. The van der Waals surface area contributed by atoms with Gasteiger partial charge in [-0.1, -0.05) is 0 Å². The molecule has 2 N–H and O–H groups in total. The number of carboxylic acid groups (broad SMARTS) is 2. The van der Waals surface area contributed by atoms with Crippen LogP contribution in [0.2, 0.25) is 5.09 Å². The maximum atomic E-state index is 8.56. The van der Waals surface area contributed by atoms with Crippen molar-refractivity contribution in [2.75, 3.05) is 0 Å². The summed E-state index contributed by atoms with van der Waals surface area (Å²) >= 11 is 2.38. The second kappa shape index (κ2) is 19.9. The summed E-state index contributed by atoms with van der Waals surface area (Å²) in [5.74, 6) is 1.03. The minimum atomic E-state index is -1.83. The van der Waals surface area contributed by atoms with E-state index in [0.717, 1.165) is 5.92 Å². The van der Waals surface area contributed by atoms with Crippen LogP contribution in [0.4, 0.5) is 4.79 Å². The van der Waals surface area contributed by atoms with Crippen LogP contribution >= 0.6 is 0 Å². The molecule has 0 aliphatic carbocycles. The molecule has 0 rings (SSSR count). The van der Waals surface area contributed by atoms with E-state index in [4.69, 9.17) is 15.0 Å². The van der Waals surface area contributed by atoms with Gasteiger partial charge < -0.3 is 10.2 Å². The van der Waals surface area contributed by atoms with Crippen LogP contribution in [0.1, 0.15) is 90.9 Å². The molecule has 0 amide bonds. The molecule has 0 saturated carbocycles. The molecule has 0 spiro atoms. The Morgan fingerprint density at radius 2 is 1.14 bits per heavy atom. The van der Waals surface area contributed by atoms with Gasteiger partial charge in [0.25, 0.3) is 0 Å². The third-order valence-corrected chi connectivity index (χ3v) is 4.01. The zero-order valence-electron chi connectivity index (χ0n) is 14.6. The van der Waals surface area contributed by atoms with Crippen LogP contribution in [0.3, 0.4) is 0 Å². The zero-order valence-corrected chi connectivity index (χ0v) is 14.6. The van der Waals surface area contributed by atoms with E-state index in [1.807, 2.05) is 0 Å². The second-order valence-electron chi connectivity index (χ2n) is 5.96. The molecule has 0 fully saturated rings. The van der Waals surface area contributed by atoms with Crippen LogP contribution in [0.15, 0.2) is 0 Å². The molecule has 0 aromatic rings. The van der Waals surface area contributed by atoms with E-state index in [1.54, 1.807) is 0 Å². The van der Waals surface area contributed by atoms with Gasteiger partial charge in [-0.15, -0.1) is 0 Å². The van der Waals surface area contributed by atoms with E-state index < -0.39 is 6.16 Å².